The Morgan fingerprint density at radius 1 is 1.14 bits per heavy atom. The number of benzene rings is 2. The highest BCUT2D eigenvalue weighted by Gasteiger charge is 2.28. The zero-order valence-electron chi connectivity index (χ0n) is 12.0. The van der Waals surface area contributed by atoms with Gasteiger partial charge >= 0.3 is 0 Å². The molecule has 3 nitrogen and oxygen atoms in total. The number of hydrogen-bond donors (Lipinski definition) is 1. The maximum Gasteiger partial charge on any atom is 0.151 e. The van der Waals surface area contributed by atoms with Crippen molar-refractivity contribution in [2.45, 2.75) is 12.2 Å². The second kappa shape index (κ2) is 7.34. The minimum absolute atomic E-state index is 0.0776. The maximum absolute atomic E-state index is 6.23. The van der Waals surface area contributed by atoms with E-state index in [2.05, 4.69) is 5.32 Å². The SMILES string of the molecule is Clc1ccc(Cl)c(O[C@@H](c2ccccc2)[C@@H]2CNCCO2)c1. The molecule has 2 aromatic carbocycles. The van der Waals surface area contributed by atoms with Crippen molar-refractivity contribution in [3.63, 3.8) is 0 Å². The lowest BCUT2D eigenvalue weighted by molar-refractivity contribution is -0.0432. The molecule has 1 fully saturated rings. The summed E-state index contributed by atoms with van der Waals surface area (Å²) in [6.07, 6.45) is -0.323. The lowest BCUT2D eigenvalue weighted by Gasteiger charge is -2.31. The Kier molecular flexibility index (Phi) is 5.21. The number of nitrogens with one attached hydrogen (secondary N) is 1. The number of morpholine rings is 1. The van der Waals surface area contributed by atoms with E-state index in [1.807, 2.05) is 30.3 Å². The van der Waals surface area contributed by atoms with Crippen LogP contribution in [0.2, 0.25) is 10.0 Å². The van der Waals surface area contributed by atoms with Gasteiger partial charge in [-0.1, -0.05) is 53.5 Å². The average Bonchev–Trinajstić information content (AvgIpc) is 2.57. The number of hydrogen-bond acceptors (Lipinski definition) is 3. The van der Waals surface area contributed by atoms with Gasteiger partial charge < -0.3 is 14.8 Å². The standard InChI is InChI=1S/C17H17Cl2NO2/c18-13-6-7-14(19)15(10-13)22-17(12-4-2-1-3-5-12)16-11-20-8-9-21-16/h1-7,10,16-17,20H,8-9,11H2/t16-,17-/m0/s1. The summed E-state index contributed by atoms with van der Waals surface area (Å²) in [6.45, 7) is 2.26. The third-order valence-electron chi connectivity index (χ3n) is 3.57. The van der Waals surface area contributed by atoms with Crippen LogP contribution in [-0.4, -0.2) is 25.8 Å². The first-order valence-corrected chi connectivity index (χ1v) is 7.98. The molecule has 5 heteroatoms. The van der Waals surface area contributed by atoms with Gasteiger partial charge in [0.15, 0.2) is 6.10 Å². The molecule has 0 unspecified atom stereocenters. The van der Waals surface area contributed by atoms with Crippen molar-refractivity contribution in [3.8, 4) is 5.75 Å². The summed E-state index contributed by atoms with van der Waals surface area (Å²) in [6, 6.07) is 15.2. The van der Waals surface area contributed by atoms with E-state index in [9.17, 15) is 0 Å². The maximum atomic E-state index is 6.23. The van der Waals surface area contributed by atoms with Gasteiger partial charge in [-0.3, -0.25) is 0 Å². The lowest BCUT2D eigenvalue weighted by atomic mass is 10.0. The van der Waals surface area contributed by atoms with E-state index in [0.717, 1.165) is 18.7 Å². The smallest absolute Gasteiger partial charge is 0.151 e. The van der Waals surface area contributed by atoms with Crippen molar-refractivity contribution in [2.75, 3.05) is 19.7 Å². The molecule has 2 aromatic rings. The molecule has 0 aliphatic carbocycles. The van der Waals surface area contributed by atoms with Crippen molar-refractivity contribution >= 4 is 23.2 Å². The Morgan fingerprint density at radius 3 is 2.68 bits per heavy atom. The second-order valence-electron chi connectivity index (χ2n) is 5.14. The molecule has 0 bridgehead atoms. The molecule has 1 saturated heterocycles. The summed E-state index contributed by atoms with van der Waals surface area (Å²) in [5.41, 5.74) is 1.05. The number of rotatable bonds is 4. The molecule has 1 aliphatic heterocycles. The van der Waals surface area contributed by atoms with Gasteiger partial charge in [0.2, 0.25) is 0 Å². The molecule has 1 aliphatic rings. The molecule has 1 N–H and O–H groups in total. The molecule has 2 atom stereocenters. The topological polar surface area (TPSA) is 30.5 Å². The lowest BCUT2D eigenvalue weighted by Crippen LogP contribution is -2.43. The van der Waals surface area contributed by atoms with E-state index >= 15 is 0 Å². The van der Waals surface area contributed by atoms with E-state index in [4.69, 9.17) is 32.7 Å². The van der Waals surface area contributed by atoms with Gasteiger partial charge in [-0.25, -0.2) is 0 Å². The number of ether oxygens (including phenoxy) is 2. The molecule has 116 valence electrons. The van der Waals surface area contributed by atoms with Crippen LogP contribution in [0.5, 0.6) is 5.75 Å². The zero-order chi connectivity index (χ0) is 15.4. The molecule has 0 amide bonds. The van der Waals surface area contributed by atoms with Crippen LogP contribution in [-0.2, 0) is 4.74 Å². The van der Waals surface area contributed by atoms with Crippen LogP contribution in [0.1, 0.15) is 11.7 Å². The normalized spacial score (nSPS) is 19.6. The summed E-state index contributed by atoms with van der Waals surface area (Å²) in [4.78, 5) is 0. The summed E-state index contributed by atoms with van der Waals surface area (Å²) in [5, 5.41) is 4.46. The molecule has 0 aromatic heterocycles. The molecule has 0 radical (unpaired) electrons. The van der Waals surface area contributed by atoms with Crippen LogP contribution < -0.4 is 10.1 Å². The fourth-order valence-electron chi connectivity index (χ4n) is 2.49. The van der Waals surface area contributed by atoms with Gasteiger partial charge in [-0.2, -0.15) is 0 Å². The zero-order valence-corrected chi connectivity index (χ0v) is 13.5. The first-order chi connectivity index (χ1) is 10.7. The fourth-order valence-corrected chi connectivity index (χ4v) is 2.81. The van der Waals surface area contributed by atoms with Gasteiger partial charge in [0.25, 0.3) is 0 Å². The Balaban J connectivity index is 1.89. The summed E-state index contributed by atoms with van der Waals surface area (Å²) >= 11 is 12.3. The van der Waals surface area contributed by atoms with E-state index in [-0.39, 0.29) is 12.2 Å². The highest BCUT2D eigenvalue weighted by Crippen LogP contribution is 2.33. The van der Waals surface area contributed by atoms with Crippen molar-refractivity contribution in [1.82, 2.24) is 5.32 Å². The van der Waals surface area contributed by atoms with Gasteiger partial charge in [-0.15, -0.1) is 0 Å². The molecule has 0 saturated carbocycles. The van der Waals surface area contributed by atoms with E-state index in [1.165, 1.54) is 0 Å². The Hall–Kier alpha value is -1.26. The van der Waals surface area contributed by atoms with Crippen LogP contribution in [0, 0.1) is 0 Å². The third-order valence-corrected chi connectivity index (χ3v) is 4.12. The predicted octanol–water partition coefficient (Wildman–Crippen LogP) is 4.10. The van der Waals surface area contributed by atoms with E-state index in [0.29, 0.717) is 22.4 Å². The van der Waals surface area contributed by atoms with Crippen LogP contribution in [0.3, 0.4) is 0 Å². The number of halogens is 2. The molecule has 0 spiro atoms. The minimum atomic E-state index is -0.245. The molecule has 22 heavy (non-hydrogen) atoms. The summed E-state index contributed by atoms with van der Waals surface area (Å²) in [5.74, 6) is 0.567. The van der Waals surface area contributed by atoms with Crippen LogP contribution in [0.15, 0.2) is 48.5 Å². The molecular formula is C17H17Cl2NO2. The fraction of sp³-hybridized carbons (Fsp3) is 0.294. The summed E-state index contributed by atoms with van der Waals surface area (Å²) < 4.78 is 12.0. The van der Waals surface area contributed by atoms with Crippen molar-refractivity contribution < 1.29 is 9.47 Å². The van der Waals surface area contributed by atoms with Crippen molar-refractivity contribution in [2.24, 2.45) is 0 Å². The largest absolute Gasteiger partial charge is 0.481 e. The van der Waals surface area contributed by atoms with Crippen molar-refractivity contribution in [3.05, 3.63) is 64.1 Å². The Bertz CT molecular complexity index is 615. The van der Waals surface area contributed by atoms with E-state index in [1.54, 1.807) is 18.2 Å². The third kappa shape index (κ3) is 3.73. The summed E-state index contributed by atoms with van der Waals surface area (Å²) in [7, 11) is 0. The van der Waals surface area contributed by atoms with Gasteiger partial charge in [-0.05, 0) is 17.7 Å². The highest BCUT2D eigenvalue weighted by atomic mass is 35.5. The molecule has 1 heterocycles. The molecular weight excluding hydrogens is 321 g/mol. The first-order valence-electron chi connectivity index (χ1n) is 7.23. The quantitative estimate of drug-likeness (QED) is 0.910. The monoisotopic (exact) mass is 337 g/mol. The van der Waals surface area contributed by atoms with Crippen molar-refractivity contribution in [1.29, 1.82) is 0 Å². The molecule has 3 rings (SSSR count). The van der Waals surface area contributed by atoms with Gasteiger partial charge in [0.1, 0.15) is 11.9 Å². The Labute approximate surface area is 140 Å². The van der Waals surface area contributed by atoms with Crippen LogP contribution in [0.4, 0.5) is 0 Å². The van der Waals surface area contributed by atoms with Gasteiger partial charge in [0, 0.05) is 24.2 Å². The second-order valence-corrected chi connectivity index (χ2v) is 5.98. The Morgan fingerprint density at radius 2 is 1.95 bits per heavy atom. The average molecular weight is 338 g/mol. The highest BCUT2D eigenvalue weighted by molar-refractivity contribution is 6.34. The van der Waals surface area contributed by atoms with Gasteiger partial charge in [0.05, 0.1) is 11.6 Å². The van der Waals surface area contributed by atoms with Crippen LogP contribution in [0.25, 0.3) is 0 Å². The first kappa shape index (κ1) is 15.6. The van der Waals surface area contributed by atoms with E-state index < -0.39 is 0 Å². The minimum Gasteiger partial charge on any atom is -0.481 e. The predicted molar refractivity (Wildman–Crippen MR) is 88.9 cm³/mol. The van der Waals surface area contributed by atoms with Crippen LogP contribution >= 0.6 is 23.2 Å².